The second-order valence-corrected chi connectivity index (χ2v) is 8.50. The zero-order valence-corrected chi connectivity index (χ0v) is 17.7. The lowest BCUT2D eigenvalue weighted by Gasteiger charge is -2.20. The number of aryl methyl sites for hydroxylation is 1. The predicted molar refractivity (Wildman–Crippen MR) is 110 cm³/mol. The van der Waals surface area contributed by atoms with E-state index in [-0.39, 0.29) is 5.56 Å². The molecule has 1 aromatic carbocycles. The number of halogens is 2. The number of aromatic nitrogens is 3. The van der Waals surface area contributed by atoms with Gasteiger partial charge in [0.1, 0.15) is 17.5 Å². The van der Waals surface area contributed by atoms with Crippen molar-refractivity contribution in [3.63, 3.8) is 0 Å². The van der Waals surface area contributed by atoms with E-state index in [9.17, 15) is 13.6 Å². The first kappa shape index (κ1) is 20.6. The monoisotopic (exact) mass is 431 g/mol. The second kappa shape index (κ2) is 8.61. The molecule has 6 nitrogen and oxygen atoms in total. The normalized spacial score (nSPS) is 15.5. The summed E-state index contributed by atoms with van der Waals surface area (Å²) in [7, 11) is 0. The van der Waals surface area contributed by atoms with Gasteiger partial charge in [-0.25, -0.2) is 8.78 Å². The molecule has 9 heteroatoms. The molecule has 4 rings (SSSR count). The molecule has 1 amide bonds. The molecule has 1 N–H and O–H groups in total. The molecule has 0 bridgehead atoms. The molecule has 1 unspecified atom stereocenters. The van der Waals surface area contributed by atoms with Gasteiger partial charge in [-0.1, -0.05) is 0 Å². The highest BCUT2D eigenvalue weighted by Gasteiger charge is 2.24. The SMILES string of the molecule is Cc1ccsc1CN1CCc2nnc(C(C)NC(=O)c3cc(F)ccc3F)n2CC1. The van der Waals surface area contributed by atoms with Gasteiger partial charge in [-0.05, 0) is 49.1 Å². The minimum atomic E-state index is -0.763. The molecule has 0 spiro atoms. The highest BCUT2D eigenvalue weighted by molar-refractivity contribution is 7.10. The molecular formula is C21H23F2N5OS. The van der Waals surface area contributed by atoms with Gasteiger partial charge in [0.05, 0.1) is 11.6 Å². The summed E-state index contributed by atoms with van der Waals surface area (Å²) in [6, 6.07) is 4.47. The van der Waals surface area contributed by atoms with E-state index < -0.39 is 23.6 Å². The van der Waals surface area contributed by atoms with Gasteiger partial charge in [0.15, 0.2) is 5.82 Å². The van der Waals surface area contributed by atoms with E-state index in [1.54, 1.807) is 18.3 Å². The van der Waals surface area contributed by atoms with E-state index >= 15 is 0 Å². The van der Waals surface area contributed by atoms with Crippen LogP contribution in [0.3, 0.4) is 0 Å². The van der Waals surface area contributed by atoms with Gasteiger partial charge in [-0.2, -0.15) is 0 Å². The van der Waals surface area contributed by atoms with Gasteiger partial charge in [-0.15, -0.1) is 21.5 Å². The van der Waals surface area contributed by atoms with Gasteiger partial charge >= 0.3 is 0 Å². The molecule has 0 saturated carbocycles. The summed E-state index contributed by atoms with van der Waals surface area (Å²) < 4.78 is 29.3. The average molecular weight is 432 g/mol. The zero-order chi connectivity index (χ0) is 21.3. The van der Waals surface area contributed by atoms with E-state index in [2.05, 4.69) is 38.8 Å². The Hall–Kier alpha value is -2.65. The Balaban J connectivity index is 1.45. The van der Waals surface area contributed by atoms with Crippen LogP contribution in [0.25, 0.3) is 0 Å². The van der Waals surface area contributed by atoms with E-state index in [4.69, 9.17) is 0 Å². The zero-order valence-electron chi connectivity index (χ0n) is 16.9. The molecule has 3 aromatic rings. The van der Waals surface area contributed by atoms with E-state index in [1.807, 2.05) is 4.57 Å². The minimum absolute atomic E-state index is 0.324. The summed E-state index contributed by atoms with van der Waals surface area (Å²) >= 11 is 1.77. The first-order chi connectivity index (χ1) is 14.4. The van der Waals surface area contributed by atoms with Crippen LogP contribution < -0.4 is 5.32 Å². The van der Waals surface area contributed by atoms with Crippen LogP contribution >= 0.6 is 11.3 Å². The number of benzene rings is 1. The van der Waals surface area contributed by atoms with Crippen LogP contribution in [0.4, 0.5) is 8.78 Å². The van der Waals surface area contributed by atoms with Gasteiger partial charge in [0.2, 0.25) is 0 Å². The fourth-order valence-electron chi connectivity index (χ4n) is 3.65. The molecule has 0 saturated heterocycles. The summed E-state index contributed by atoms with van der Waals surface area (Å²) in [6.45, 7) is 7.23. The maximum absolute atomic E-state index is 13.9. The summed E-state index contributed by atoms with van der Waals surface area (Å²) in [6.07, 6.45) is 0.761. The Kier molecular flexibility index (Phi) is 5.92. The van der Waals surface area contributed by atoms with Gasteiger partial charge in [-0.3, -0.25) is 9.69 Å². The summed E-state index contributed by atoms with van der Waals surface area (Å²) in [4.78, 5) is 16.2. The van der Waals surface area contributed by atoms with Crippen molar-refractivity contribution >= 4 is 17.2 Å². The number of fused-ring (bicyclic) bond motifs is 1. The molecule has 2 aromatic heterocycles. The molecule has 0 aliphatic carbocycles. The van der Waals surface area contributed by atoms with Gasteiger partial charge < -0.3 is 9.88 Å². The van der Waals surface area contributed by atoms with Gasteiger partial charge in [0.25, 0.3) is 5.91 Å². The molecule has 3 heterocycles. The van der Waals surface area contributed by atoms with Crippen molar-refractivity contribution in [2.45, 2.75) is 39.4 Å². The van der Waals surface area contributed by atoms with Crippen LogP contribution in [0.2, 0.25) is 0 Å². The van der Waals surface area contributed by atoms with Crippen molar-refractivity contribution in [1.82, 2.24) is 25.0 Å². The van der Waals surface area contributed by atoms with Crippen LogP contribution in [-0.4, -0.2) is 38.7 Å². The van der Waals surface area contributed by atoms with Crippen LogP contribution in [0, 0.1) is 18.6 Å². The standard InChI is InChI=1S/C21H23F2N5OS/c1-13-6-10-30-18(13)12-27-7-5-19-25-26-20(28(19)9-8-27)14(2)24-21(29)16-11-15(22)3-4-17(16)23/h3-4,6,10-11,14H,5,7-9,12H2,1-2H3,(H,24,29). The van der Waals surface area contributed by atoms with Gasteiger partial charge in [0, 0.05) is 37.5 Å². The van der Waals surface area contributed by atoms with Crippen molar-refractivity contribution < 1.29 is 13.6 Å². The molecule has 0 fully saturated rings. The quantitative estimate of drug-likeness (QED) is 0.672. The topological polar surface area (TPSA) is 63.1 Å². The van der Waals surface area contributed by atoms with Crippen molar-refractivity contribution in [1.29, 1.82) is 0 Å². The number of carbonyl (C=O) groups is 1. The number of amides is 1. The molecule has 158 valence electrons. The van der Waals surface area contributed by atoms with E-state index in [0.29, 0.717) is 12.4 Å². The lowest BCUT2D eigenvalue weighted by Crippen LogP contribution is -2.30. The average Bonchev–Trinajstić information content (AvgIpc) is 3.26. The second-order valence-electron chi connectivity index (χ2n) is 7.50. The first-order valence-electron chi connectivity index (χ1n) is 9.85. The lowest BCUT2D eigenvalue weighted by molar-refractivity contribution is 0.0933. The number of rotatable bonds is 5. The Morgan fingerprint density at radius 2 is 2.07 bits per heavy atom. The van der Waals surface area contributed by atoms with Crippen LogP contribution in [0.5, 0.6) is 0 Å². The van der Waals surface area contributed by atoms with Crippen LogP contribution in [-0.2, 0) is 19.5 Å². The van der Waals surface area contributed by atoms with Crippen LogP contribution in [0.1, 0.15) is 45.4 Å². The lowest BCUT2D eigenvalue weighted by atomic mass is 10.1. The molecular weight excluding hydrogens is 408 g/mol. The highest BCUT2D eigenvalue weighted by Crippen LogP contribution is 2.21. The Bertz CT molecular complexity index is 1060. The number of carbonyl (C=O) groups excluding carboxylic acids is 1. The molecule has 1 atom stereocenters. The maximum atomic E-state index is 13.9. The number of hydrogen-bond donors (Lipinski definition) is 1. The van der Waals surface area contributed by atoms with Crippen molar-refractivity contribution in [3.05, 3.63) is 68.9 Å². The Morgan fingerprint density at radius 3 is 2.83 bits per heavy atom. The molecule has 30 heavy (non-hydrogen) atoms. The smallest absolute Gasteiger partial charge is 0.254 e. The third kappa shape index (κ3) is 4.27. The molecule has 0 radical (unpaired) electrons. The fraction of sp³-hybridized carbons (Fsp3) is 0.381. The number of nitrogens with zero attached hydrogens (tertiary/aromatic N) is 4. The van der Waals surface area contributed by atoms with E-state index in [1.165, 1.54) is 10.4 Å². The van der Waals surface area contributed by atoms with E-state index in [0.717, 1.165) is 50.1 Å². The third-order valence-corrected chi connectivity index (χ3v) is 6.40. The molecule has 1 aliphatic heterocycles. The predicted octanol–water partition coefficient (Wildman–Crippen LogP) is 3.48. The summed E-state index contributed by atoms with van der Waals surface area (Å²) in [5, 5.41) is 13.4. The molecule has 1 aliphatic rings. The summed E-state index contributed by atoms with van der Waals surface area (Å²) in [5.74, 6) is -0.620. The van der Waals surface area contributed by atoms with Crippen LogP contribution in [0.15, 0.2) is 29.6 Å². The summed E-state index contributed by atoms with van der Waals surface area (Å²) in [5.41, 5.74) is 0.986. The fourth-order valence-corrected chi connectivity index (χ4v) is 4.59. The highest BCUT2D eigenvalue weighted by atomic mass is 32.1. The maximum Gasteiger partial charge on any atom is 0.254 e. The minimum Gasteiger partial charge on any atom is -0.342 e. The largest absolute Gasteiger partial charge is 0.342 e. The van der Waals surface area contributed by atoms with Crippen molar-refractivity contribution in [2.24, 2.45) is 0 Å². The van der Waals surface area contributed by atoms with Crippen molar-refractivity contribution in [3.8, 4) is 0 Å². The number of thiophene rings is 1. The first-order valence-corrected chi connectivity index (χ1v) is 10.7. The van der Waals surface area contributed by atoms with Crippen molar-refractivity contribution in [2.75, 3.05) is 13.1 Å². The Morgan fingerprint density at radius 1 is 1.23 bits per heavy atom. The Labute approximate surface area is 177 Å². The number of nitrogens with one attached hydrogen (secondary N) is 1. The third-order valence-electron chi connectivity index (χ3n) is 5.39. The number of hydrogen-bond acceptors (Lipinski definition) is 5.